The Morgan fingerprint density at radius 1 is 1.26 bits per heavy atom. The largest absolute Gasteiger partial charge is 0.363 e. The number of alkyl halides is 2. The van der Waals surface area contributed by atoms with Gasteiger partial charge in [-0.2, -0.15) is 0 Å². The molecule has 0 radical (unpaired) electrons. The zero-order chi connectivity index (χ0) is 24.6. The van der Waals surface area contributed by atoms with Gasteiger partial charge < -0.3 is 10.2 Å². The number of likely N-dealkylation sites (tertiary alicyclic amines) is 1. The third-order valence-electron chi connectivity index (χ3n) is 6.43. The fraction of sp³-hybridized carbons (Fsp3) is 0.417. The molecule has 34 heavy (non-hydrogen) atoms. The summed E-state index contributed by atoms with van der Waals surface area (Å²) in [6, 6.07) is 4.97. The van der Waals surface area contributed by atoms with Gasteiger partial charge in [0.2, 0.25) is 5.91 Å². The number of fused-ring (bicyclic) bond motifs is 1. The lowest BCUT2D eigenvalue weighted by Gasteiger charge is -2.19. The van der Waals surface area contributed by atoms with E-state index in [1.54, 1.807) is 24.9 Å². The zero-order valence-corrected chi connectivity index (χ0v) is 19.2. The lowest BCUT2D eigenvalue weighted by Crippen LogP contribution is -2.27. The van der Waals surface area contributed by atoms with Crippen molar-refractivity contribution in [2.45, 2.75) is 39.2 Å². The quantitative estimate of drug-likeness (QED) is 0.586. The van der Waals surface area contributed by atoms with Crippen LogP contribution in [0, 0.1) is 11.7 Å². The van der Waals surface area contributed by atoms with E-state index in [0.29, 0.717) is 41.9 Å². The molecule has 4 rings (SSSR count). The maximum absolute atomic E-state index is 14.7. The van der Waals surface area contributed by atoms with E-state index in [-0.39, 0.29) is 22.9 Å². The first kappa shape index (κ1) is 23.7. The Morgan fingerprint density at radius 2 is 2.00 bits per heavy atom. The first-order valence-corrected chi connectivity index (χ1v) is 11.1. The lowest BCUT2D eigenvalue weighted by atomic mass is 9.98. The summed E-state index contributed by atoms with van der Waals surface area (Å²) in [5, 5.41) is 3.66. The third kappa shape index (κ3) is 4.49. The van der Waals surface area contributed by atoms with Crippen LogP contribution in [0.25, 0.3) is 11.0 Å². The molecule has 1 saturated heterocycles. The SMILES string of the molecule is CC(=O)N1CC[C@H](Cc2cc3c(N[C@H](C)c4cccc(C(F)F)c4F)ncnc3n(C)c2=O)C1. The normalized spacial score (nSPS) is 16.9. The predicted octanol–water partition coefficient (Wildman–Crippen LogP) is 3.99. The molecule has 0 spiro atoms. The average molecular weight is 473 g/mol. The van der Waals surface area contributed by atoms with E-state index in [0.717, 1.165) is 12.5 Å². The Labute approximate surface area is 194 Å². The first-order chi connectivity index (χ1) is 16.2. The van der Waals surface area contributed by atoms with Crippen LogP contribution in [0.4, 0.5) is 19.0 Å². The minimum Gasteiger partial charge on any atom is -0.363 e. The summed E-state index contributed by atoms with van der Waals surface area (Å²) in [6.07, 6.45) is -0.307. The van der Waals surface area contributed by atoms with Crippen LogP contribution in [0.5, 0.6) is 0 Å². The number of aryl methyl sites for hydroxylation is 1. The fourth-order valence-corrected chi connectivity index (χ4v) is 4.55. The number of carbonyl (C=O) groups is 1. The molecule has 0 aliphatic carbocycles. The number of pyridine rings is 1. The number of carbonyl (C=O) groups excluding carboxylic acids is 1. The van der Waals surface area contributed by atoms with Crippen LogP contribution in [0.3, 0.4) is 0 Å². The van der Waals surface area contributed by atoms with Crippen LogP contribution in [0.2, 0.25) is 0 Å². The van der Waals surface area contributed by atoms with Crippen LogP contribution >= 0.6 is 0 Å². The maximum Gasteiger partial charge on any atom is 0.266 e. The number of anilines is 1. The second kappa shape index (κ2) is 9.44. The van der Waals surface area contributed by atoms with Gasteiger partial charge >= 0.3 is 0 Å². The van der Waals surface area contributed by atoms with Crippen LogP contribution < -0.4 is 10.9 Å². The highest BCUT2D eigenvalue weighted by molar-refractivity contribution is 5.87. The van der Waals surface area contributed by atoms with Crippen molar-refractivity contribution in [2.75, 3.05) is 18.4 Å². The average Bonchev–Trinajstić information content (AvgIpc) is 3.26. The predicted molar refractivity (Wildman–Crippen MR) is 122 cm³/mol. The van der Waals surface area contributed by atoms with E-state index in [1.165, 1.54) is 30.0 Å². The topological polar surface area (TPSA) is 80.1 Å². The molecule has 7 nitrogen and oxygen atoms in total. The number of amides is 1. The second-order valence-corrected chi connectivity index (χ2v) is 8.73. The molecule has 1 N–H and O–H groups in total. The molecule has 0 saturated carbocycles. The van der Waals surface area contributed by atoms with Crippen molar-refractivity contribution in [1.29, 1.82) is 0 Å². The number of hydrogen-bond acceptors (Lipinski definition) is 5. The summed E-state index contributed by atoms with van der Waals surface area (Å²) in [5.74, 6) is -0.403. The highest BCUT2D eigenvalue weighted by Gasteiger charge is 2.26. The maximum atomic E-state index is 14.7. The summed E-state index contributed by atoms with van der Waals surface area (Å²) in [6.45, 7) is 4.46. The summed E-state index contributed by atoms with van der Waals surface area (Å²) in [5.41, 5.74) is 0.227. The van der Waals surface area contributed by atoms with Crippen molar-refractivity contribution in [1.82, 2.24) is 19.4 Å². The summed E-state index contributed by atoms with van der Waals surface area (Å²) >= 11 is 0. The number of benzene rings is 1. The number of nitrogens with one attached hydrogen (secondary N) is 1. The van der Waals surface area contributed by atoms with Crippen LogP contribution in [0.1, 0.15) is 49.4 Å². The fourth-order valence-electron chi connectivity index (χ4n) is 4.55. The van der Waals surface area contributed by atoms with Gasteiger partial charge in [0, 0.05) is 38.2 Å². The summed E-state index contributed by atoms with van der Waals surface area (Å²) < 4.78 is 42.4. The van der Waals surface area contributed by atoms with Crippen molar-refractivity contribution in [3.63, 3.8) is 0 Å². The monoisotopic (exact) mass is 473 g/mol. The Hall–Kier alpha value is -3.43. The Bertz CT molecular complexity index is 1290. The Morgan fingerprint density at radius 3 is 2.68 bits per heavy atom. The molecule has 1 aromatic carbocycles. The summed E-state index contributed by atoms with van der Waals surface area (Å²) in [7, 11) is 1.62. The van der Waals surface area contributed by atoms with E-state index in [1.807, 2.05) is 0 Å². The number of hydrogen-bond donors (Lipinski definition) is 1. The van der Waals surface area contributed by atoms with Crippen LogP contribution in [-0.2, 0) is 18.3 Å². The number of rotatable bonds is 6. The van der Waals surface area contributed by atoms with Crippen LogP contribution in [0.15, 0.2) is 35.4 Å². The molecule has 0 unspecified atom stereocenters. The van der Waals surface area contributed by atoms with E-state index in [2.05, 4.69) is 15.3 Å². The lowest BCUT2D eigenvalue weighted by molar-refractivity contribution is -0.127. The van der Waals surface area contributed by atoms with Crippen molar-refractivity contribution in [3.8, 4) is 0 Å². The number of nitrogens with zero attached hydrogens (tertiary/aromatic N) is 4. The smallest absolute Gasteiger partial charge is 0.266 e. The van der Waals surface area contributed by atoms with Gasteiger partial charge in [-0.3, -0.25) is 14.2 Å². The zero-order valence-electron chi connectivity index (χ0n) is 19.2. The molecule has 180 valence electrons. The molecule has 2 atom stereocenters. The Balaban J connectivity index is 1.67. The highest BCUT2D eigenvalue weighted by atomic mass is 19.3. The Kier molecular flexibility index (Phi) is 6.58. The third-order valence-corrected chi connectivity index (χ3v) is 6.43. The molecular weight excluding hydrogens is 447 g/mol. The van der Waals surface area contributed by atoms with Crippen molar-refractivity contribution < 1.29 is 18.0 Å². The van der Waals surface area contributed by atoms with E-state index in [4.69, 9.17) is 0 Å². The molecular formula is C24H26F3N5O2. The molecule has 1 aliphatic heterocycles. The van der Waals surface area contributed by atoms with E-state index in [9.17, 15) is 22.8 Å². The van der Waals surface area contributed by atoms with E-state index >= 15 is 0 Å². The van der Waals surface area contributed by atoms with Crippen LogP contribution in [-0.4, -0.2) is 38.4 Å². The van der Waals surface area contributed by atoms with Gasteiger partial charge in [-0.05, 0) is 31.7 Å². The van der Waals surface area contributed by atoms with Gasteiger partial charge in [-0.1, -0.05) is 18.2 Å². The first-order valence-electron chi connectivity index (χ1n) is 11.1. The van der Waals surface area contributed by atoms with Crippen molar-refractivity contribution in [3.05, 3.63) is 63.5 Å². The minimum absolute atomic E-state index is 0.0194. The second-order valence-electron chi connectivity index (χ2n) is 8.73. The van der Waals surface area contributed by atoms with Gasteiger partial charge in [0.15, 0.2) is 0 Å². The van der Waals surface area contributed by atoms with Gasteiger partial charge in [-0.25, -0.2) is 23.1 Å². The number of halogens is 3. The van der Waals surface area contributed by atoms with Crippen molar-refractivity contribution in [2.24, 2.45) is 13.0 Å². The van der Waals surface area contributed by atoms with E-state index < -0.39 is 23.8 Å². The van der Waals surface area contributed by atoms with Gasteiger partial charge in [0.1, 0.15) is 23.6 Å². The highest BCUT2D eigenvalue weighted by Crippen LogP contribution is 2.30. The molecule has 2 aromatic heterocycles. The minimum atomic E-state index is -2.92. The molecule has 1 fully saturated rings. The molecule has 1 aliphatic rings. The molecule has 3 aromatic rings. The van der Waals surface area contributed by atoms with Gasteiger partial charge in [0.25, 0.3) is 12.0 Å². The molecule has 1 amide bonds. The van der Waals surface area contributed by atoms with Gasteiger partial charge in [-0.15, -0.1) is 0 Å². The van der Waals surface area contributed by atoms with Crippen molar-refractivity contribution >= 4 is 22.8 Å². The molecule has 0 bridgehead atoms. The molecule has 10 heteroatoms. The molecule has 3 heterocycles. The standard InChI is InChI=1S/C24H26F3N5O2/c1-13(17-5-4-6-18(20(17)25)21(26)27)30-22-19-10-16(9-15-7-8-32(11-15)14(2)33)24(34)31(3)23(19)29-12-28-22/h4-6,10,12-13,15,21H,7-9,11H2,1-3H3,(H,28,29,30)/t13-,15-/m1/s1. The number of aromatic nitrogens is 3. The summed E-state index contributed by atoms with van der Waals surface area (Å²) in [4.78, 5) is 34.9. The van der Waals surface area contributed by atoms with Gasteiger partial charge in [0.05, 0.1) is 17.0 Å².